The Balaban J connectivity index is 1.46. The van der Waals surface area contributed by atoms with Gasteiger partial charge in [0.1, 0.15) is 0 Å². The van der Waals surface area contributed by atoms with Gasteiger partial charge in [-0.2, -0.15) is 0 Å². The van der Waals surface area contributed by atoms with Crippen molar-refractivity contribution < 1.29 is 9.53 Å². The van der Waals surface area contributed by atoms with Crippen molar-refractivity contribution in [2.75, 3.05) is 13.1 Å². The number of benzene rings is 1. The molecule has 2 bridgehead atoms. The molecular formula is C15H20N2O2. The Kier molecular flexibility index (Phi) is 3.69. The van der Waals surface area contributed by atoms with E-state index in [4.69, 9.17) is 4.74 Å². The standard InChI is InChI=1S/C15H20N2O2/c18-15(16-11-13-4-2-1-3-5-13)19-14-10-12-6-8-17(14)9-7-12/h1-5,12,14H,6-11H2,(H,16,18)/t14-/m1/s1. The molecule has 0 unspecified atom stereocenters. The number of alkyl carbamates (subject to hydrolysis) is 1. The highest BCUT2D eigenvalue weighted by Gasteiger charge is 2.35. The van der Waals surface area contributed by atoms with Gasteiger partial charge in [-0.25, -0.2) is 4.79 Å². The van der Waals surface area contributed by atoms with E-state index in [-0.39, 0.29) is 12.3 Å². The van der Waals surface area contributed by atoms with E-state index in [1.54, 1.807) is 0 Å². The number of nitrogens with zero attached hydrogens (tertiary/aromatic N) is 1. The van der Waals surface area contributed by atoms with Crippen LogP contribution in [-0.4, -0.2) is 30.3 Å². The maximum Gasteiger partial charge on any atom is 0.408 e. The van der Waals surface area contributed by atoms with Gasteiger partial charge in [-0.3, -0.25) is 4.90 Å². The van der Waals surface area contributed by atoms with Crippen LogP contribution >= 0.6 is 0 Å². The Hall–Kier alpha value is -1.55. The lowest BCUT2D eigenvalue weighted by Gasteiger charge is -2.44. The van der Waals surface area contributed by atoms with Crippen molar-refractivity contribution >= 4 is 6.09 Å². The third-order valence-corrected chi connectivity index (χ3v) is 4.11. The first-order valence-electron chi connectivity index (χ1n) is 7.04. The first kappa shape index (κ1) is 12.5. The Labute approximate surface area is 113 Å². The maximum atomic E-state index is 11.8. The summed E-state index contributed by atoms with van der Waals surface area (Å²) in [6.45, 7) is 2.67. The molecule has 3 fully saturated rings. The van der Waals surface area contributed by atoms with Crippen LogP contribution in [-0.2, 0) is 11.3 Å². The molecule has 4 rings (SSSR count). The molecule has 0 spiro atoms. The van der Waals surface area contributed by atoms with E-state index in [9.17, 15) is 4.79 Å². The van der Waals surface area contributed by atoms with Crippen molar-refractivity contribution in [1.29, 1.82) is 0 Å². The molecule has 0 saturated carbocycles. The second kappa shape index (κ2) is 5.61. The highest BCUT2D eigenvalue weighted by Crippen LogP contribution is 2.32. The molecule has 1 aromatic carbocycles. The van der Waals surface area contributed by atoms with Crippen LogP contribution < -0.4 is 5.32 Å². The van der Waals surface area contributed by atoms with Crippen LogP contribution in [0.2, 0.25) is 0 Å². The average Bonchev–Trinajstić information content (AvgIpc) is 2.47. The SMILES string of the molecule is O=C(NCc1ccccc1)O[C@@H]1CC2CCN1CC2. The van der Waals surface area contributed by atoms with Gasteiger partial charge in [0.15, 0.2) is 6.23 Å². The monoisotopic (exact) mass is 260 g/mol. The van der Waals surface area contributed by atoms with E-state index < -0.39 is 0 Å². The molecule has 1 amide bonds. The van der Waals surface area contributed by atoms with Crippen LogP contribution in [0.4, 0.5) is 4.79 Å². The number of fused-ring (bicyclic) bond motifs is 3. The van der Waals surface area contributed by atoms with Gasteiger partial charge in [0.2, 0.25) is 0 Å². The maximum absolute atomic E-state index is 11.8. The topological polar surface area (TPSA) is 41.6 Å². The molecule has 4 heteroatoms. The number of piperidine rings is 3. The summed E-state index contributed by atoms with van der Waals surface area (Å²) in [4.78, 5) is 14.1. The molecule has 1 N–H and O–H groups in total. The Morgan fingerprint density at radius 2 is 2.00 bits per heavy atom. The van der Waals surface area contributed by atoms with E-state index in [1.807, 2.05) is 30.3 Å². The molecular weight excluding hydrogens is 240 g/mol. The van der Waals surface area contributed by atoms with E-state index >= 15 is 0 Å². The third-order valence-electron chi connectivity index (χ3n) is 4.11. The molecule has 19 heavy (non-hydrogen) atoms. The predicted molar refractivity (Wildman–Crippen MR) is 72.5 cm³/mol. The molecule has 3 heterocycles. The quantitative estimate of drug-likeness (QED) is 0.907. The summed E-state index contributed by atoms with van der Waals surface area (Å²) in [5, 5.41) is 2.82. The van der Waals surface area contributed by atoms with Crippen LogP contribution in [0.15, 0.2) is 30.3 Å². The van der Waals surface area contributed by atoms with Gasteiger partial charge in [-0.1, -0.05) is 30.3 Å². The van der Waals surface area contributed by atoms with Crippen molar-refractivity contribution in [2.24, 2.45) is 5.92 Å². The molecule has 3 saturated heterocycles. The molecule has 3 aliphatic rings. The fourth-order valence-electron chi connectivity index (χ4n) is 2.97. The fraction of sp³-hybridized carbons (Fsp3) is 0.533. The van der Waals surface area contributed by atoms with Gasteiger partial charge in [0, 0.05) is 26.1 Å². The Bertz CT molecular complexity index is 427. The van der Waals surface area contributed by atoms with Gasteiger partial charge in [0.25, 0.3) is 0 Å². The molecule has 1 aromatic rings. The minimum atomic E-state index is -0.304. The first-order chi connectivity index (χ1) is 9.31. The molecule has 0 aromatic heterocycles. The van der Waals surface area contributed by atoms with Gasteiger partial charge in [-0.15, -0.1) is 0 Å². The lowest BCUT2D eigenvalue weighted by Crippen LogP contribution is -2.51. The highest BCUT2D eigenvalue weighted by atomic mass is 16.6. The first-order valence-corrected chi connectivity index (χ1v) is 7.04. The second-order valence-electron chi connectivity index (χ2n) is 5.41. The summed E-state index contributed by atoms with van der Waals surface area (Å²) in [5.41, 5.74) is 1.09. The number of carbonyl (C=O) groups excluding carboxylic acids is 1. The minimum Gasteiger partial charge on any atom is -0.430 e. The van der Waals surface area contributed by atoms with E-state index in [2.05, 4.69) is 10.2 Å². The lowest BCUT2D eigenvalue weighted by atomic mass is 9.87. The number of rotatable bonds is 3. The fourth-order valence-corrected chi connectivity index (χ4v) is 2.97. The highest BCUT2D eigenvalue weighted by molar-refractivity contribution is 5.67. The van der Waals surface area contributed by atoms with Gasteiger partial charge < -0.3 is 10.1 Å². The summed E-state index contributed by atoms with van der Waals surface area (Å²) in [5.74, 6) is 0.747. The van der Waals surface area contributed by atoms with Crippen molar-refractivity contribution in [3.05, 3.63) is 35.9 Å². The molecule has 0 aliphatic carbocycles. The number of ether oxygens (including phenoxy) is 1. The summed E-state index contributed by atoms with van der Waals surface area (Å²) in [6.07, 6.45) is 3.19. The smallest absolute Gasteiger partial charge is 0.408 e. The average molecular weight is 260 g/mol. The van der Waals surface area contributed by atoms with Crippen LogP contribution in [0.1, 0.15) is 24.8 Å². The lowest BCUT2D eigenvalue weighted by molar-refractivity contribution is -0.0830. The van der Waals surface area contributed by atoms with Crippen molar-refractivity contribution in [1.82, 2.24) is 10.2 Å². The zero-order chi connectivity index (χ0) is 13.1. The third kappa shape index (κ3) is 3.07. The summed E-state index contributed by atoms with van der Waals surface area (Å²) >= 11 is 0. The van der Waals surface area contributed by atoms with Crippen molar-refractivity contribution in [3.8, 4) is 0 Å². The molecule has 3 aliphatic heterocycles. The van der Waals surface area contributed by atoms with Crippen molar-refractivity contribution in [2.45, 2.75) is 32.0 Å². The number of hydrogen-bond donors (Lipinski definition) is 1. The number of amides is 1. The Morgan fingerprint density at radius 3 is 2.63 bits per heavy atom. The normalized spacial score (nSPS) is 28.9. The predicted octanol–water partition coefficient (Wildman–Crippen LogP) is 2.35. The summed E-state index contributed by atoms with van der Waals surface area (Å²) < 4.78 is 5.52. The van der Waals surface area contributed by atoms with Gasteiger partial charge in [0.05, 0.1) is 0 Å². The number of hydrogen-bond acceptors (Lipinski definition) is 3. The van der Waals surface area contributed by atoms with Crippen LogP contribution in [0, 0.1) is 5.92 Å². The Morgan fingerprint density at radius 1 is 1.26 bits per heavy atom. The molecule has 102 valence electrons. The molecule has 1 atom stereocenters. The van der Waals surface area contributed by atoms with Gasteiger partial charge in [-0.05, 0) is 24.3 Å². The summed E-state index contributed by atoms with van der Waals surface area (Å²) in [6, 6.07) is 9.88. The zero-order valence-electron chi connectivity index (χ0n) is 11.0. The van der Waals surface area contributed by atoms with E-state index in [1.165, 1.54) is 12.8 Å². The zero-order valence-corrected chi connectivity index (χ0v) is 11.0. The van der Waals surface area contributed by atoms with Crippen LogP contribution in [0.5, 0.6) is 0 Å². The van der Waals surface area contributed by atoms with Crippen LogP contribution in [0.25, 0.3) is 0 Å². The van der Waals surface area contributed by atoms with Gasteiger partial charge >= 0.3 is 6.09 Å². The van der Waals surface area contributed by atoms with Crippen molar-refractivity contribution in [3.63, 3.8) is 0 Å². The molecule has 4 nitrogen and oxygen atoms in total. The van der Waals surface area contributed by atoms with Crippen LogP contribution in [0.3, 0.4) is 0 Å². The number of nitrogens with one attached hydrogen (secondary N) is 1. The number of carbonyl (C=O) groups is 1. The van der Waals surface area contributed by atoms with E-state index in [0.29, 0.717) is 6.54 Å². The second-order valence-corrected chi connectivity index (χ2v) is 5.41. The van der Waals surface area contributed by atoms with E-state index in [0.717, 1.165) is 31.0 Å². The largest absolute Gasteiger partial charge is 0.430 e. The minimum absolute atomic E-state index is 0.0109. The molecule has 0 radical (unpaired) electrons. The summed E-state index contributed by atoms with van der Waals surface area (Å²) in [7, 11) is 0.